The van der Waals surface area contributed by atoms with Gasteiger partial charge in [0.15, 0.2) is 5.96 Å². The zero-order valence-electron chi connectivity index (χ0n) is 16.0. The van der Waals surface area contributed by atoms with Crippen LogP contribution >= 0.6 is 11.6 Å². The van der Waals surface area contributed by atoms with Crippen molar-refractivity contribution in [2.75, 3.05) is 7.05 Å². The van der Waals surface area contributed by atoms with Gasteiger partial charge in [0.05, 0.1) is 6.10 Å². The second-order valence-corrected chi connectivity index (χ2v) is 7.29. The first-order chi connectivity index (χ1) is 13.1. The van der Waals surface area contributed by atoms with Crippen LogP contribution in [0.2, 0.25) is 5.15 Å². The van der Waals surface area contributed by atoms with Gasteiger partial charge in [-0.1, -0.05) is 29.8 Å². The van der Waals surface area contributed by atoms with Crippen LogP contribution in [-0.2, 0) is 13.1 Å². The molecule has 2 aromatic rings. The number of rotatable bonds is 6. The molecule has 0 bridgehead atoms. The first-order valence-electron chi connectivity index (χ1n) is 9.45. The second-order valence-electron chi connectivity index (χ2n) is 6.90. The molecule has 0 unspecified atom stereocenters. The number of halogens is 1. The average Bonchev–Trinajstić information content (AvgIpc) is 3.18. The Bertz CT molecular complexity index is 770. The molecule has 1 aliphatic carbocycles. The standard InChI is InChI=1S/C21H27ClN4O/c1-15-7-9-17(19(11-15)27-18-5-3-4-6-18)14-26-21(23-2)25-13-16-8-10-20(22)24-12-16/h7-12,18H,3-6,13-14H2,1-2H3,(H2,23,25,26). The number of guanidine groups is 1. The van der Waals surface area contributed by atoms with Crippen molar-refractivity contribution in [3.8, 4) is 5.75 Å². The Kier molecular flexibility index (Phi) is 6.93. The Morgan fingerprint density at radius 2 is 1.96 bits per heavy atom. The lowest BCUT2D eigenvalue weighted by Crippen LogP contribution is -2.36. The number of aromatic nitrogens is 1. The second kappa shape index (κ2) is 9.60. The highest BCUT2D eigenvalue weighted by Crippen LogP contribution is 2.27. The van der Waals surface area contributed by atoms with Crippen LogP contribution in [-0.4, -0.2) is 24.1 Å². The monoisotopic (exact) mass is 386 g/mol. The van der Waals surface area contributed by atoms with E-state index in [1.807, 2.05) is 6.07 Å². The van der Waals surface area contributed by atoms with Gasteiger partial charge in [0.1, 0.15) is 10.9 Å². The van der Waals surface area contributed by atoms with Gasteiger partial charge in [-0.25, -0.2) is 4.98 Å². The fourth-order valence-electron chi connectivity index (χ4n) is 3.20. The van der Waals surface area contributed by atoms with Gasteiger partial charge in [-0.15, -0.1) is 0 Å². The van der Waals surface area contributed by atoms with Crippen LogP contribution in [0.5, 0.6) is 5.75 Å². The molecule has 0 spiro atoms. The maximum atomic E-state index is 6.27. The zero-order chi connectivity index (χ0) is 19.1. The number of aliphatic imine (C=N–C) groups is 1. The summed E-state index contributed by atoms with van der Waals surface area (Å²) in [5, 5.41) is 7.15. The summed E-state index contributed by atoms with van der Waals surface area (Å²) in [4.78, 5) is 8.39. The first kappa shape index (κ1) is 19.5. The van der Waals surface area contributed by atoms with E-state index in [4.69, 9.17) is 16.3 Å². The Labute approximate surface area is 166 Å². The average molecular weight is 387 g/mol. The van der Waals surface area contributed by atoms with E-state index in [0.29, 0.717) is 24.3 Å². The highest BCUT2D eigenvalue weighted by Gasteiger charge is 2.18. The first-order valence-corrected chi connectivity index (χ1v) is 9.83. The maximum Gasteiger partial charge on any atom is 0.191 e. The summed E-state index contributed by atoms with van der Waals surface area (Å²) in [6.07, 6.45) is 6.94. The third kappa shape index (κ3) is 5.86. The number of nitrogens with one attached hydrogen (secondary N) is 2. The van der Waals surface area contributed by atoms with Gasteiger partial charge in [-0.2, -0.15) is 0 Å². The van der Waals surface area contributed by atoms with Gasteiger partial charge < -0.3 is 15.4 Å². The van der Waals surface area contributed by atoms with Crippen LogP contribution in [0.3, 0.4) is 0 Å². The summed E-state index contributed by atoms with van der Waals surface area (Å²) in [7, 11) is 1.76. The van der Waals surface area contributed by atoms with Crippen LogP contribution in [0, 0.1) is 6.92 Å². The predicted molar refractivity (Wildman–Crippen MR) is 110 cm³/mol. The van der Waals surface area contributed by atoms with Gasteiger partial charge in [0, 0.05) is 31.9 Å². The third-order valence-corrected chi connectivity index (χ3v) is 4.96. The van der Waals surface area contributed by atoms with E-state index in [1.54, 1.807) is 19.3 Å². The highest BCUT2D eigenvalue weighted by molar-refractivity contribution is 6.29. The molecule has 5 nitrogen and oxygen atoms in total. The third-order valence-electron chi connectivity index (χ3n) is 4.74. The number of aryl methyl sites for hydroxylation is 1. The van der Waals surface area contributed by atoms with Crippen molar-refractivity contribution in [2.45, 2.75) is 51.8 Å². The van der Waals surface area contributed by atoms with Crippen LogP contribution in [0.15, 0.2) is 41.5 Å². The number of hydrogen-bond donors (Lipinski definition) is 2. The topological polar surface area (TPSA) is 58.5 Å². The molecule has 144 valence electrons. The van der Waals surface area contributed by atoms with Gasteiger partial charge >= 0.3 is 0 Å². The minimum Gasteiger partial charge on any atom is -0.490 e. The number of pyridine rings is 1. The molecule has 1 heterocycles. The molecule has 1 aromatic carbocycles. The lowest BCUT2D eigenvalue weighted by molar-refractivity contribution is 0.207. The fourth-order valence-corrected chi connectivity index (χ4v) is 3.31. The lowest BCUT2D eigenvalue weighted by Gasteiger charge is -2.18. The van der Waals surface area contributed by atoms with E-state index in [9.17, 15) is 0 Å². The fraction of sp³-hybridized carbons (Fsp3) is 0.429. The molecule has 6 heteroatoms. The lowest BCUT2D eigenvalue weighted by atomic mass is 10.1. The van der Waals surface area contributed by atoms with Gasteiger partial charge in [-0.3, -0.25) is 4.99 Å². The molecule has 1 aromatic heterocycles. The molecule has 1 saturated carbocycles. The van der Waals surface area contributed by atoms with E-state index in [2.05, 4.69) is 45.7 Å². The number of ether oxygens (including phenoxy) is 1. The summed E-state index contributed by atoms with van der Waals surface area (Å²) >= 11 is 5.83. The highest BCUT2D eigenvalue weighted by atomic mass is 35.5. The molecule has 0 aliphatic heterocycles. The van der Waals surface area contributed by atoms with E-state index < -0.39 is 0 Å². The molecule has 0 saturated heterocycles. The zero-order valence-corrected chi connectivity index (χ0v) is 16.7. The van der Waals surface area contributed by atoms with E-state index >= 15 is 0 Å². The minimum absolute atomic E-state index is 0.348. The molecule has 27 heavy (non-hydrogen) atoms. The van der Waals surface area contributed by atoms with Crippen molar-refractivity contribution in [1.29, 1.82) is 0 Å². The summed E-state index contributed by atoms with van der Waals surface area (Å²) in [5.74, 6) is 1.71. The minimum atomic E-state index is 0.348. The SMILES string of the molecule is CN=C(NCc1ccc(Cl)nc1)NCc1ccc(C)cc1OC1CCCC1. The van der Waals surface area contributed by atoms with E-state index in [0.717, 1.165) is 35.7 Å². The number of benzene rings is 1. The molecular weight excluding hydrogens is 360 g/mol. The van der Waals surface area contributed by atoms with Crippen molar-refractivity contribution in [3.63, 3.8) is 0 Å². The summed E-state index contributed by atoms with van der Waals surface area (Å²) in [6, 6.07) is 10.1. The largest absolute Gasteiger partial charge is 0.490 e. The van der Waals surface area contributed by atoms with Crippen molar-refractivity contribution in [2.24, 2.45) is 4.99 Å². The summed E-state index contributed by atoms with van der Waals surface area (Å²) in [5.41, 5.74) is 3.40. The van der Waals surface area contributed by atoms with Crippen molar-refractivity contribution < 1.29 is 4.74 Å². The van der Waals surface area contributed by atoms with Crippen molar-refractivity contribution in [3.05, 3.63) is 58.4 Å². The predicted octanol–water partition coefficient (Wildman–Crippen LogP) is 4.23. The van der Waals surface area contributed by atoms with Crippen LogP contribution < -0.4 is 15.4 Å². The Morgan fingerprint density at radius 3 is 2.67 bits per heavy atom. The van der Waals surface area contributed by atoms with E-state index in [-0.39, 0.29) is 0 Å². The Balaban J connectivity index is 1.58. The summed E-state index contributed by atoms with van der Waals surface area (Å²) < 4.78 is 6.27. The molecule has 0 atom stereocenters. The normalized spacial score (nSPS) is 15.0. The Morgan fingerprint density at radius 1 is 1.19 bits per heavy atom. The molecule has 3 rings (SSSR count). The quantitative estimate of drug-likeness (QED) is 0.443. The molecular formula is C21H27ClN4O. The maximum absolute atomic E-state index is 6.27. The van der Waals surface area contributed by atoms with Crippen LogP contribution in [0.4, 0.5) is 0 Å². The van der Waals surface area contributed by atoms with Crippen LogP contribution in [0.1, 0.15) is 42.4 Å². The number of hydrogen-bond acceptors (Lipinski definition) is 3. The Hall–Kier alpha value is -2.27. The molecule has 0 radical (unpaired) electrons. The number of nitrogens with zero attached hydrogens (tertiary/aromatic N) is 2. The molecule has 1 fully saturated rings. The van der Waals surface area contributed by atoms with Gasteiger partial charge in [0.25, 0.3) is 0 Å². The van der Waals surface area contributed by atoms with Crippen molar-refractivity contribution >= 4 is 17.6 Å². The van der Waals surface area contributed by atoms with Crippen LogP contribution in [0.25, 0.3) is 0 Å². The summed E-state index contributed by atoms with van der Waals surface area (Å²) in [6.45, 7) is 3.38. The molecule has 1 aliphatic rings. The van der Waals surface area contributed by atoms with Gasteiger partial charge in [-0.05, 0) is 55.9 Å². The smallest absolute Gasteiger partial charge is 0.191 e. The van der Waals surface area contributed by atoms with Gasteiger partial charge in [0.2, 0.25) is 0 Å². The van der Waals surface area contributed by atoms with E-state index in [1.165, 1.54) is 18.4 Å². The molecule has 2 N–H and O–H groups in total. The van der Waals surface area contributed by atoms with Crippen molar-refractivity contribution in [1.82, 2.24) is 15.6 Å². The molecule has 0 amide bonds.